The number of aliphatic hydroxyl groups excluding tert-OH is 1. The van der Waals surface area contributed by atoms with Crippen LogP contribution in [0.5, 0.6) is 0 Å². The van der Waals surface area contributed by atoms with Gasteiger partial charge in [0.25, 0.3) is 0 Å². The Kier molecular flexibility index (Phi) is 3.44. The fourth-order valence-electron chi connectivity index (χ4n) is 1.68. The van der Waals surface area contributed by atoms with Crippen molar-refractivity contribution in [2.75, 3.05) is 5.32 Å². The molecular weight excluding hydrogens is 270 g/mol. The van der Waals surface area contributed by atoms with Crippen molar-refractivity contribution < 1.29 is 5.11 Å². The molecule has 1 aliphatic carbocycles. The number of hydrogen-bond donors (Lipinski definition) is 2. The van der Waals surface area contributed by atoms with Crippen LogP contribution in [-0.2, 0) is 0 Å². The molecule has 0 spiro atoms. The predicted octanol–water partition coefficient (Wildman–Crippen LogP) is 2.30. The van der Waals surface area contributed by atoms with Crippen LogP contribution >= 0.6 is 15.9 Å². The largest absolute Gasteiger partial charge is 0.393 e. The van der Waals surface area contributed by atoms with Crippen LogP contribution < -0.4 is 5.32 Å². The molecule has 1 saturated carbocycles. The van der Waals surface area contributed by atoms with E-state index < -0.39 is 0 Å². The molecule has 16 heavy (non-hydrogen) atoms. The lowest BCUT2D eigenvalue weighted by atomic mass is 9.89. The van der Waals surface area contributed by atoms with E-state index in [0.717, 1.165) is 29.1 Å². The molecule has 2 rings (SSSR count). The highest BCUT2D eigenvalue weighted by Crippen LogP contribution is 2.25. The van der Waals surface area contributed by atoms with Crippen molar-refractivity contribution in [2.45, 2.75) is 44.8 Å². The van der Waals surface area contributed by atoms with Gasteiger partial charge < -0.3 is 10.4 Å². The maximum absolute atomic E-state index is 9.21. The van der Waals surface area contributed by atoms with E-state index in [9.17, 15) is 5.11 Å². The average Bonchev–Trinajstić information content (AvgIpc) is 2.14. The maximum Gasteiger partial charge on any atom is 0.134 e. The first-order chi connectivity index (χ1) is 7.54. The lowest BCUT2D eigenvalue weighted by Crippen LogP contribution is -2.39. The third-order valence-corrected chi connectivity index (χ3v) is 3.10. The summed E-state index contributed by atoms with van der Waals surface area (Å²) in [5, 5.41) is 12.5. The number of anilines is 1. The Bertz CT molecular complexity index is 377. The van der Waals surface area contributed by atoms with Gasteiger partial charge in [0.1, 0.15) is 16.2 Å². The molecule has 0 aromatic carbocycles. The highest BCUT2D eigenvalue weighted by atomic mass is 79.9. The Labute approximate surface area is 104 Å². The molecule has 1 aromatic heterocycles. The summed E-state index contributed by atoms with van der Waals surface area (Å²) < 4.78 is 0.800. The molecule has 0 bridgehead atoms. The number of aliphatic hydroxyl groups is 1. The summed E-state index contributed by atoms with van der Waals surface area (Å²) >= 11 is 3.38. The Balaban J connectivity index is 2.08. The second kappa shape index (κ2) is 4.67. The molecule has 1 fully saturated rings. The van der Waals surface area contributed by atoms with Gasteiger partial charge in [0.15, 0.2) is 0 Å². The van der Waals surface area contributed by atoms with Crippen LogP contribution in [0.2, 0.25) is 0 Å². The molecule has 1 heterocycles. The summed E-state index contributed by atoms with van der Waals surface area (Å²) in [6.45, 7) is 4.14. The van der Waals surface area contributed by atoms with Crippen molar-refractivity contribution in [1.82, 2.24) is 9.97 Å². The topological polar surface area (TPSA) is 58.0 Å². The van der Waals surface area contributed by atoms with E-state index in [0.29, 0.717) is 12.0 Å². The highest BCUT2D eigenvalue weighted by Gasteiger charge is 2.27. The molecule has 0 amide bonds. The summed E-state index contributed by atoms with van der Waals surface area (Å²) in [4.78, 5) is 8.76. The lowest BCUT2D eigenvalue weighted by molar-refractivity contribution is 0.0835. The first-order valence-corrected chi connectivity index (χ1v) is 6.33. The number of rotatable bonds is 3. The number of nitrogens with zero attached hydrogens (tertiary/aromatic N) is 2. The van der Waals surface area contributed by atoms with Gasteiger partial charge in [-0.2, -0.15) is 0 Å². The van der Waals surface area contributed by atoms with Gasteiger partial charge >= 0.3 is 0 Å². The predicted molar refractivity (Wildman–Crippen MR) is 66.5 cm³/mol. The Morgan fingerprint density at radius 3 is 2.69 bits per heavy atom. The van der Waals surface area contributed by atoms with Crippen molar-refractivity contribution >= 4 is 21.7 Å². The molecule has 0 atom stereocenters. The van der Waals surface area contributed by atoms with E-state index in [4.69, 9.17) is 0 Å². The van der Waals surface area contributed by atoms with E-state index in [1.54, 1.807) is 0 Å². The van der Waals surface area contributed by atoms with Crippen molar-refractivity contribution in [3.05, 3.63) is 16.5 Å². The van der Waals surface area contributed by atoms with Gasteiger partial charge in [0, 0.05) is 18.0 Å². The van der Waals surface area contributed by atoms with Gasteiger partial charge in [0.2, 0.25) is 0 Å². The summed E-state index contributed by atoms with van der Waals surface area (Å²) in [5.74, 6) is 1.98. The fourth-order valence-corrected chi connectivity index (χ4v) is 2.08. The maximum atomic E-state index is 9.21. The second-order valence-electron chi connectivity index (χ2n) is 4.56. The van der Waals surface area contributed by atoms with E-state index in [2.05, 4.69) is 45.1 Å². The molecule has 0 unspecified atom stereocenters. The zero-order valence-electron chi connectivity index (χ0n) is 9.44. The molecule has 0 saturated heterocycles. The summed E-state index contributed by atoms with van der Waals surface area (Å²) in [5.41, 5.74) is 0. The van der Waals surface area contributed by atoms with Gasteiger partial charge in [-0.3, -0.25) is 0 Å². The highest BCUT2D eigenvalue weighted by molar-refractivity contribution is 9.10. The minimum atomic E-state index is -0.146. The van der Waals surface area contributed by atoms with Crippen molar-refractivity contribution in [2.24, 2.45) is 0 Å². The average molecular weight is 286 g/mol. The van der Waals surface area contributed by atoms with Gasteiger partial charge in [-0.1, -0.05) is 13.8 Å². The quantitative estimate of drug-likeness (QED) is 0.837. The number of nitrogens with one attached hydrogen (secondary N) is 1. The lowest BCUT2D eigenvalue weighted by Gasteiger charge is -2.32. The summed E-state index contributed by atoms with van der Waals surface area (Å²) in [6, 6.07) is 2.22. The molecule has 1 aliphatic rings. The number of halogens is 1. The Hall–Kier alpha value is -0.680. The Morgan fingerprint density at radius 1 is 1.44 bits per heavy atom. The minimum Gasteiger partial charge on any atom is -0.393 e. The van der Waals surface area contributed by atoms with Gasteiger partial charge in [-0.15, -0.1) is 0 Å². The number of aromatic nitrogens is 2. The van der Waals surface area contributed by atoms with E-state index >= 15 is 0 Å². The first-order valence-electron chi connectivity index (χ1n) is 5.53. The zero-order chi connectivity index (χ0) is 11.7. The molecule has 0 aliphatic heterocycles. The molecule has 1 aromatic rings. The Morgan fingerprint density at radius 2 is 2.12 bits per heavy atom. The van der Waals surface area contributed by atoms with Crippen LogP contribution in [0.15, 0.2) is 10.7 Å². The second-order valence-corrected chi connectivity index (χ2v) is 5.37. The van der Waals surface area contributed by atoms with Crippen LogP contribution in [0.25, 0.3) is 0 Å². The molecule has 88 valence electrons. The normalized spacial score (nSPS) is 24.3. The minimum absolute atomic E-state index is 0.146. The van der Waals surface area contributed by atoms with E-state index in [1.807, 2.05) is 6.07 Å². The SMILES string of the molecule is CC(C)c1nc(Br)cc(NC2CC(O)C2)n1. The van der Waals surface area contributed by atoms with Crippen molar-refractivity contribution in [3.63, 3.8) is 0 Å². The number of hydrogen-bond acceptors (Lipinski definition) is 4. The van der Waals surface area contributed by atoms with Gasteiger partial charge in [-0.05, 0) is 28.8 Å². The molecule has 4 nitrogen and oxygen atoms in total. The van der Waals surface area contributed by atoms with Crippen molar-refractivity contribution in [1.29, 1.82) is 0 Å². The standard InChI is InChI=1S/C11H16BrN3O/c1-6(2)11-14-9(12)5-10(15-11)13-7-3-8(16)4-7/h5-8,16H,3-4H2,1-2H3,(H,13,14,15). The third kappa shape index (κ3) is 2.71. The summed E-state index contributed by atoms with van der Waals surface area (Å²) in [6.07, 6.45) is 1.46. The molecular formula is C11H16BrN3O. The smallest absolute Gasteiger partial charge is 0.134 e. The van der Waals surface area contributed by atoms with Crippen LogP contribution in [0.1, 0.15) is 38.4 Å². The third-order valence-electron chi connectivity index (χ3n) is 2.69. The van der Waals surface area contributed by atoms with Gasteiger partial charge in [-0.25, -0.2) is 9.97 Å². The van der Waals surface area contributed by atoms with Crippen LogP contribution in [0.4, 0.5) is 5.82 Å². The van der Waals surface area contributed by atoms with Crippen LogP contribution in [-0.4, -0.2) is 27.2 Å². The summed E-state index contributed by atoms with van der Waals surface area (Å²) in [7, 11) is 0. The zero-order valence-corrected chi connectivity index (χ0v) is 11.0. The van der Waals surface area contributed by atoms with Crippen molar-refractivity contribution in [3.8, 4) is 0 Å². The fraction of sp³-hybridized carbons (Fsp3) is 0.636. The monoisotopic (exact) mass is 285 g/mol. The molecule has 2 N–H and O–H groups in total. The van der Waals surface area contributed by atoms with E-state index in [-0.39, 0.29) is 6.10 Å². The molecule has 5 heteroatoms. The van der Waals surface area contributed by atoms with E-state index in [1.165, 1.54) is 0 Å². The first kappa shape index (κ1) is 11.8. The van der Waals surface area contributed by atoms with Crippen LogP contribution in [0, 0.1) is 0 Å². The van der Waals surface area contributed by atoms with Gasteiger partial charge in [0.05, 0.1) is 6.10 Å². The van der Waals surface area contributed by atoms with Crippen LogP contribution in [0.3, 0.4) is 0 Å². The molecule has 0 radical (unpaired) electrons.